The van der Waals surface area contributed by atoms with Gasteiger partial charge in [0.2, 0.25) is 0 Å². The second-order valence-corrected chi connectivity index (χ2v) is 3.59. The van der Waals surface area contributed by atoms with Gasteiger partial charge in [0.05, 0.1) is 0 Å². The third-order valence-corrected chi connectivity index (χ3v) is 2.23. The highest BCUT2D eigenvalue weighted by Gasteiger charge is 2.02. The molecule has 1 aromatic carbocycles. The Bertz CT molecular complexity index is 464. The predicted molar refractivity (Wildman–Crippen MR) is 62.0 cm³/mol. The van der Waals surface area contributed by atoms with Crippen LogP contribution in [0.4, 0.5) is 4.39 Å². The Labute approximate surface area is 97.7 Å². The first kappa shape index (κ1) is 12.5. The summed E-state index contributed by atoms with van der Waals surface area (Å²) in [5.41, 5.74) is 0.989. The monoisotopic (exact) mass is 240 g/mol. The van der Waals surface area contributed by atoms with Crippen LogP contribution in [-0.4, -0.2) is 11.1 Å². The maximum atomic E-state index is 13.2. The van der Waals surface area contributed by atoms with Crippen LogP contribution in [0.3, 0.4) is 0 Å². The second kappa shape index (κ2) is 5.47. The van der Waals surface area contributed by atoms with Crippen LogP contribution in [0, 0.1) is 12.7 Å². The first-order chi connectivity index (χ1) is 7.50. The quantitative estimate of drug-likeness (QED) is 0.649. The fraction of sp³-hybridized carbons (Fsp3) is 0.0833. The number of aryl methyl sites for hydroxylation is 1. The summed E-state index contributed by atoms with van der Waals surface area (Å²) in [5.74, 6) is -1.38. The van der Waals surface area contributed by atoms with Crippen LogP contribution in [0.15, 0.2) is 30.4 Å². The molecular formula is C12H10ClFO2. The van der Waals surface area contributed by atoms with Gasteiger partial charge in [-0.2, -0.15) is 0 Å². The van der Waals surface area contributed by atoms with Crippen molar-refractivity contribution in [3.63, 3.8) is 0 Å². The Hall–Kier alpha value is -1.61. The van der Waals surface area contributed by atoms with E-state index in [4.69, 9.17) is 16.7 Å². The lowest BCUT2D eigenvalue weighted by Crippen LogP contribution is -1.85. The second-order valence-electron chi connectivity index (χ2n) is 3.18. The molecule has 0 unspecified atom stereocenters. The molecule has 0 fully saturated rings. The van der Waals surface area contributed by atoms with Crippen LogP contribution in [0.1, 0.15) is 11.1 Å². The SMILES string of the molecule is Cc1cc(Cl)c(/C=C/C=C/C(=O)O)cc1F. The molecule has 4 heteroatoms. The number of halogens is 2. The summed E-state index contributed by atoms with van der Waals surface area (Å²) in [4.78, 5) is 10.2. The molecule has 0 amide bonds. The summed E-state index contributed by atoms with van der Waals surface area (Å²) in [5, 5.41) is 8.77. The zero-order valence-electron chi connectivity index (χ0n) is 8.58. The van der Waals surface area contributed by atoms with Crippen molar-refractivity contribution in [1.82, 2.24) is 0 Å². The van der Waals surface area contributed by atoms with E-state index in [-0.39, 0.29) is 5.82 Å². The van der Waals surface area contributed by atoms with E-state index in [0.717, 1.165) is 6.08 Å². The number of carboxylic acids is 1. The molecule has 1 N–H and O–H groups in total. The minimum atomic E-state index is -1.04. The highest BCUT2D eigenvalue weighted by molar-refractivity contribution is 6.32. The maximum Gasteiger partial charge on any atom is 0.328 e. The summed E-state index contributed by atoms with van der Waals surface area (Å²) < 4.78 is 13.2. The Balaban J connectivity index is 2.89. The van der Waals surface area contributed by atoms with Crippen molar-refractivity contribution in [3.8, 4) is 0 Å². The Kier molecular flexibility index (Phi) is 4.26. The van der Waals surface area contributed by atoms with E-state index in [1.54, 1.807) is 13.0 Å². The molecule has 84 valence electrons. The zero-order valence-corrected chi connectivity index (χ0v) is 9.33. The highest BCUT2D eigenvalue weighted by Crippen LogP contribution is 2.21. The van der Waals surface area contributed by atoms with Gasteiger partial charge in [-0.05, 0) is 30.2 Å². The summed E-state index contributed by atoms with van der Waals surface area (Å²) >= 11 is 5.88. The molecular weight excluding hydrogens is 231 g/mol. The van der Waals surface area contributed by atoms with Gasteiger partial charge in [0, 0.05) is 11.1 Å². The Morgan fingerprint density at radius 2 is 2.12 bits per heavy atom. The molecule has 1 rings (SSSR count). The normalized spacial score (nSPS) is 11.4. The molecule has 0 aliphatic carbocycles. The van der Waals surface area contributed by atoms with Crippen molar-refractivity contribution in [1.29, 1.82) is 0 Å². The van der Waals surface area contributed by atoms with Gasteiger partial charge in [-0.25, -0.2) is 9.18 Å². The van der Waals surface area contributed by atoms with Crippen molar-refractivity contribution in [2.45, 2.75) is 6.92 Å². The number of aliphatic carboxylic acids is 1. The maximum absolute atomic E-state index is 13.2. The Morgan fingerprint density at radius 3 is 2.75 bits per heavy atom. The van der Waals surface area contributed by atoms with Crippen LogP contribution >= 0.6 is 11.6 Å². The minimum Gasteiger partial charge on any atom is -0.478 e. The van der Waals surface area contributed by atoms with Crippen LogP contribution in [-0.2, 0) is 4.79 Å². The number of benzene rings is 1. The van der Waals surface area contributed by atoms with E-state index in [2.05, 4.69) is 0 Å². The molecule has 0 aliphatic rings. The molecule has 0 aliphatic heterocycles. The number of rotatable bonds is 3. The summed E-state index contributed by atoms with van der Waals surface area (Å²) in [6.07, 6.45) is 5.36. The number of allylic oxidation sites excluding steroid dienone is 2. The van der Waals surface area contributed by atoms with Crippen molar-refractivity contribution in [3.05, 3.63) is 52.3 Å². The van der Waals surface area contributed by atoms with Crippen molar-refractivity contribution in [2.24, 2.45) is 0 Å². The molecule has 0 spiro atoms. The average molecular weight is 241 g/mol. The number of hydrogen-bond donors (Lipinski definition) is 1. The number of carbonyl (C=O) groups is 1. The third kappa shape index (κ3) is 3.51. The summed E-state index contributed by atoms with van der Waals surface area (Å²) in [6.45, 7) is 1.62. The van der Waals surface area contributed by atoms with Gasteiger partial charge in [-0.3, -0.25) is 0 Å². The molecule has 2 nitrogen and oxygen atoms in total. The van der Waals surface area contributed by atoms with E-state index in [9.17, 15) is 9.18 Å². The van der Waals surface area contributed by atoms with Crippen LogP contribution < -0.4 is 0 Å². The summed E-state index contributed by atoms with van der Waals surface area (Å²) in [7, 11) is 0. The van der Waals surface area contributed by atoms with Gasteiger partial charge in [-0.1, -0.05) is 29.8 Å². The lowest BCUT2D eigenvalue weighted by molar-refractivity contribution is -0.131. The first-order valence-corrected chi connectivity index (χ1v) is 4.92. The van der Waals surface area contributed by atoms with Gasteiger partial charge in [0.1, 0.15) is 5.82 Å². The molecule has 0 saturated carbocycles. The van der Waals surface area contributed by atoms with E-state index < -0.39 is 5.97 Å². The largest absolute Gasteiger partial charge is 0.478 e. The molecule has 0 heterocycles. The average Bonchev–Trinajstić information content (AvgIpc) is 2.19. The van der Waals surface area contributed by atoms with Gasteiger partial charge in [0.25, 0.3) is 0 Å². The highest BCUT2D eigenvalue weighted by atomic mass is 35.5. The third-order valence-electron chi connectivity index (χ3n) is 1.90. The van der Waals surface area contributed by atoms with Crippen molar-refractivity contribution >= 4 is 23.6 Å². The Morgan fingerprint density at radius 1 is 1.44 bits per heavy atom. The van der Waals surface area contributed by atoms with E-state index in [1.807, 2.05) is 0 Å². The fourth-order valence-electron chi connectivity index (χ4n) is 1.09. The lowest BCUT2D eigenvalue weighted by Gasteiger charge is -2.01. The first-order valence-electron chi connectivity index (χ1n) is 4.54. The minimum absolute atomic E-state index is 0.341. The van der Waals surface area contributed by atoms with E-state index in [1.165, 1.54) is 24.3 Å². The fourth-order valence-corrected chi connectivity index (χ4v) is 1.37. The molecule has 0 saturated heterocycles. The molecule has 0 aromatic heterocycles. The molecule has 1 aromatic rings. The van der Waals surface area contributed by atoms with Crippen LogP contribution in [0.5, 0.6) is 0 Å². The smallest absolute Gasteiger partial charge is 0.328 e. The molecule has 0 bridgehead atoms. The van der Waals surface area contributed by atoms with E-state index in [0.29, 0.717) is 16.1 Å². The zero-order chi connectivity index (χ0) is 12.1. The standard InChI is InChI=1S/C12H10ClFO2/c1-8-6-10(13)9(7-11(8)14)4-2-3-5-12(15)16/h2-7H,1H3,(H,15,16)/b4-2+,5-3+. The van der Waals surface area contributed by atoms with Crippen molar-refractivity contribution < 1.29 is 14.3 Å². The predicted octanol–water partition coefficient (Wildman–Crippen LogP) is 3.44. The van der Waals surface area contributed by atoms with Gasteiger partial charge in [0.15, 0.2) is 0 Å². The van der Waals surface area contributed by atoms with Crippen molar-refractivity contribution in [2.75, 3.05) is 0 Å². The lowest BCUT2D eigenvalue weighted by atomic mass is 10.1. The number of hydrogen-bond acceptors (Lipinski definition) is 1. The molecule has 0 radical (unpaired) electrons. The van der Waals surface area contributed by atoms with Crippen LogP contribution in [0.25, 0.3) is 6.08 Å². The van der Waals surface area contributed by atoms with Gasteiger partial charge >= 0.3 is 5.97 Å². The van der Waals surface area contributed by atoms with E-state index >= 15 is 0 Å². The molecule has 16 heavy (non-hydrogen) atoms. The van der Waals surface area contributed by atoms with Gasteiger partial charge in [-0.15, -0.1) is 0 Å². The summed E-state index contributed by atoms with van der Waals surface area (Å²) in [6, 6.07) is 2.83. The number of carboxylic acid groups (broad SMARTS) is 1. The van der Waals surface area contributed by atoms with Gasteiger partial charge < -0.3 is 5.11 Å². The molecule has 0 atom stereocenters. The topological polar surface area (TPSA) is 37.3 Å². The van der Waals surface area contributed by atoms with Crippen LogP contribution in [0.2, 0.25) is 5.02 Å².